The molecule has 3 aromatic rings. The molecule has 5 rings (SSSR count). The minimum absolute atomic E-state index is 0.0681. The van der Waals surface area contributed by atoms with E-state index in [1.165, 1.54) is 35.2 Å². The van der Waals surface area contributed by atoms with E-state index >= 15 is 0 Å². The maximum Gasteiger partial charge on any atom is 0.340 e. The Balaban J connectivity index is 1.16. The molecule has 0 radical (unpaired) electrons. The number of fused-ring (bicyclic) bond motifs is 1. The molecule has 10 atom stereocenters. The van der Waals surface area contributed by atoms with E-state index < -0.39 is 89.2 Å². The monoisotopic (exact) mass is 660 g/mol. The second-order valence-corrected chi connectivity index (χ2v) is 14.4. The first-order chi connectivity index (χ1) is 20.7. The highest BCUT2D eigenvalue weighted by Gasteiger charge is 2.47. The molecule has 19 nitrogen and oxygen atoms in total. The lowest BCUT2D eigenvalue weighted by Crippen LogP contribution is -2.33. The van der Waals surface area contributed by atoms with Crippen LogP contribution in [0, 0.1) is 0 Å². The fourth-order valence-corrected chi connectivity index (χ4v) is 8.09. The van der Waals surface area contributed by atoms with E-state index in [2.05, 4.69) is 15.0 Å². The maximum absolute atomic E-state index is 12.7. The number of hydrogen-bond donors (Lipinski definition) is 8. The molecule has 2 aromatic heterocycles. The normalized spacial score (nSPS) is 31.6. The summed E-state index contributed by atoms with van der Waals surface area (Å²) in [5.74, 6) is -2.04. The third-order valence-corrected chi connectivity index (χ3v) is 11.1. The van der Waals surface area contributed by atoms with Crippen LogP contribution in [0.15, 0.2) is 36.9 Å². The predicted molar refractivity (Wildman–Crippen MR) is 147 cm³/mol. The summed E-state index contributed by atoms with van der Waals surface area (Å²) in [5, 5.41) is 41.8. The number of carbonyl (C=O) groups is 1. The van der Waals surface area contributed by atoms with Crippen molar-refractivity contribution < 1.29 is 62.7 Å². The van der Waals surface area contributed by atoms with Crippen molar-refractivity contribution >= 4 is 38.1 Å². The van der Waals surface area contributed by atoms with Gasteiger partial charge in [0.05, 0.1) is 19.5 Å². The molecule has 2 saturated heterocycles. The van der Waals surface area contributed by atoms with Crippen LogP contribution >= 0.6 is 15.2 Å². The number of benzene rings is 1. The quantitative estimate of drug-likeness (QED) is 0.107. The van der Waals surface area contributed by atoms with E-state index in [9.17, 15) is 44.1 Å². The maximum atomic E-state index is 12.7. The van der Waals surface area contributed by atoms with E-state index in [4.69, 9.17) is 30.0 Å². The Labute approximate surface area is 248 Å². The highest BCUT2D eigenvalue weighted by molar-refractivity contribution is 7.70. The van der Waals surface area contributed by atoms with Crippen molar-refractivity contribution in [3.8, 4) is 0 Å². The van der Waals surface area contributed by atoms with Gasteiger partial charge in [0.25, 0.3) is 0 Å². The van der Waals surface area contributed by atoms with Gasteiger partial charge in [0.1, 0.15) is 54.6 Å². The van der Waals surface area contributed by atoms with Gasteiger partial charge in [0.15, 0.2) is 23.6 Å². The molecule has 44 heavy (non-hydrogen) atoms. The molecule has 0 bridgehead atoms. The van der Waals surface area contributed by atoms with E-state index in [1.807, 2.05) is 0 Å². The van der Waals surface area contributed by atoms with Crippen LogP contribution in [0.25, 0.3) is 11.2 Å². The Morgan fingerprint density at radius 3 is 2.23 bits per heavy atom. The van der Waals surface area contributed by atoms with Crippen LogP contribution in [0.5, 0.6) is 0 Å². The van der Waals surface area contributed by atoms with Crippen LogP contribution in [0.3, 0.4) is 0 Å². The Bertz CT molecular complexity index is 1630. The molecule has 2 fully saturated rings. The number of hydrogen-bond acceptors (Lipinski definition) is 15. The summed E-state index contributed by atoms with van der Waals surface area (Å²) in [4.78, 5) is 43.8. The number of primary amides is 1. The minimum Gasteiger partial charge on any atom is -0.387 e. The summed E-state index contributed by atoms with van der Waals surface area (Å²) < 4.78 is 47.6. The molecule has 21 heteroatoms. The number of ether oxygens (including phenoxy) is 2. The largest absolute Gasteiger partial charge is 0.387 e. The molecule has 240 valence electrons. The summed E-state index contributed by atoms with van der Waals surface area (Å²) in [6.07, 6.45) is -8.86. The molecule has 2 aliphatic heterocycles. The number of aromatic nitrogens is 4. The number of nitrogen functional groups attached to an aromatic ring is 1. The third kappa shape index (κ3) is 6.69. The summed E-state index contributed by atoms with van der Waals surface area (Å²) in [6, 6.07) is 5.80. The summed E-state index contributed by atoms with van der Waals surface area (Å²) in [7, 11) is -9.73. The van der Waals surface area contributed by atoms with Gasteiger partial charge in [-0.1, -0.05) is 12.1 Å². The molecule has 5 unspecified atom stereocenters. The number of nitrogens with two attached hydrogens (primary N) is 2. The van der Waals surface area contributed by atoms with Gasteiger partial charge in [0.2, 0.25) is 5.91 Å². The van der Waals surface area contributed by atoms with Crippen LogP contribution in [-0.2, 0) is 27.7 Å². The Morgan fingerprint density at radius 1 is 0.932 bits per heavy atom. The average Bonchev–Trinajstić information content (AvgIpc) is 3.61. The highest BCUT2D eigenvalue weighted by atomic mass is 31.2. The molecule has 10 N–H and O–H groups in total. The van der Waals surface area contributed by atoms with E-state index in [0.717, 1.165) is 6.33 Å². The first kappa shape index (κ1) is 32.5. The first-order valence-electron chi connectivity index (χ1n) is 13.0. The van der Waals surface area contributed by atoms with Gasteiger partial charge >= 0.3 is 15.2 Å². The molecule has 1 amide bonds. The molecule has 2 aliphatic rings. The lowest BCUT2D eigenvalue weighted by Gasteiger charge is -2.21. The molecule has 0 spiro atoms. The van der Waals surface area contributed by atoms with E-state index in [-0.39, 0.29) is 22.5 Å². The zero-order valence-corrected chi connectivity index (χ0v) is 24.4. The fraction of sp³-hybridized carbons (Fsp3) is 0.478. The smallest absolute Gasteiger partial charge is 0.340 e. The second-order valence-electron chi connectivity index (χ2n) is 10.2. The first-order valence-corrected chi connectivity index (χ1v) is 16.5. The highest BCUT2D eigenvalue weighted by Crippen LogP contribution is 2.58. The average molecular weight is 660 g/mol. The van der Waals surface area contributed by atoms with E-state index in [1.54, 1.807) is 0 Å². The van der Waals surface area contributed by atoms with Crippen molar-refractivity contribution in [2.24, 2.45) is 5.73 Å². The van der Waals surface area contributed by atoms with Crippen molar-refractivity contribution in [1.82, 2.24) is 19.5 Å². The number of rotatable bonds is 11. The zero-order chi connectivity index (χ0) is 32.0. The molecule has 0 aliphatic carbocycles. The number of aliphatic hydroxyl groups is 4. The van der Waals surface area contributed by atoms with Gasteiger partial charge in [-0.15, -0.1) is 0 Å². The molecular formula is C23H30N6O13P2. The van der Waals surface area contributed by atoms with Crippen LogP contribution in [0.1, 0.15) is 28.3 Å². The summed E-state index contributed by atoms with van der Waals surface area (Å²) in [5.41, 5.74) is 11.9. The van der Waals surface area contributed by atoms with Crippen molar-refractivity contribution in [3.63, 3.8) is 0 Å². The number of amides is 1. The number of anilines is 1. The van der Waals surface area contributed by atoms with Crippen molar-refractivity contribution in [2.75, 3.05) is 24.9 Å². The van der Waals surface area contributed by atoms with Crippen LogP contribution in [-0.4, -0.2) is 111 Å². The summed E-state index contributed by atoms with van der Waals surface area (Å²) in [6.45, 7) is -1.53. The molecule has 4 heterocycles. The minimum atomic E-state index is -4.87. The Hall–Kier alpha value is -2.90. The van der Waals surface area contributed by atoms with Gasteiger partial charge in [-0.3, -0.25) is 18.5 Å². The second kappa shape index (κ2) is 12.5. The van der Waals surface area contributed by atoms with Crippen molar-refractivity contribution in [1.29, 1.82) is 0 Å². The topological polar surface area (TPSA) is 305 Å². The molecule has 0 saturated carbocycles. The standard InChI is InChI=1S/C23H30N6O13P2/c24-20-14-22(27-7-26-20)29(8-28-14)23-18(33)16(31)13(42-23)6-40-44(37,38)9-43(35,36)39-5-12-15(30)17(32)19(41-12)10-2-1-3-11(4-10)21(25)34/h1-4,7-8,12-13,15-19,23,30-33H,5-6,9H2,(H2,25,34)(H,35,36)(H,37,38)(H2,24,26,27)/t12-,13?,15-,16+,17-,18+,19?,23?/m1/s1. The van der Waals surface area contributed by atoms with Gasteiger partial charge in [-0.25, -0.2) is 15.0 Å². The van der Waals surface area contributed by atoms with Crippen molar-refractivity contribution in [3.05, 3.63) is 48.0 Å². The Kier molecular flexibility index (Phi) is 9.21. The lowest BCUT2D eigenvalue weighted by molar-refractivity contribution is -0.0484. The van der Waals surface area contributed by atoms with Crippen LogP contribution in [0.2, 0.25) is 0 Å². The Morgan fingerprint density at radius 2 is 1.57 bits per heavy atom. The molecule has 1 aromatic carbocycles. The number of carbonyl (C=O) groups excluding carboxylic acids is 1. The summed E-state index contributed by atoms with van der Waals surface area (Å²) >= 11 is 0. The van der Waals surface area contributed by atoms with Crippen LogP contribution in [0.4, 0.5) is 5.82 Å². The van der Waals surface area contributed by atoms with Gasteiger partial charge in [0, 0.05) is 5.56 Å². The van der Waals surface area contributed by atoms with Gasteiger partial charge in [-0.2, -0.15) is 0 Å². The third-order valence-electron chi connectivity index (χ3n) is 7.10. The van der Waals surface area contributed by atoms with Crippen molar-refractivity contribution in [2.45, 2.75) is 49.0 Å². The zero-order valence-electron chi connectivity index (χ0n) is 22.6. The van der Waals surface area contributed by atoms with Gasteiger partial charge < -0.3 is 60.2 Å². The van der Waals surface area contributed by atoms with Gasteiger partial charge in [-0.05, 0) is 17.7 Å². The van der Waals surface area contributed by atoms with E-state index in [0.29, 0.717) is 5.56 Å². The number of aliphatic hydroxyl groups excluding tert-OH is 4. The number of imidazole rings is 1. The molecular weight excluding hydrogens is 630 g/mol. The predicted octanol–water partition coefficient (Wildman–Crippen LogP) is -1.65. The fourth-order valence-electron chi connectivity index (χ4n) is 4.87. The number of nitrogens with zero attached hydrogens (tertiary/aromatic N) is 4. The van der Waals surface area contributed by atoms with Crippen LogP contribution < -0.4 is 11.5 Å². The lowest BCUT2D eigenvalue weighted by atomic mass is 10.00. The SMILES string of the molecule is NC(=O)c1cccc(C2O[C@H](COP(=O)(O)CP(=O)(O)OCC3OC(n4cnc5c(N)ncnc54)[C@@H](O)[C@H]3O)[C@@H](O)[C@H]2O)c1.